The van der Waals surface area contributed by atoms with Gasteiger partial charge in [-0.3, -0.25) is 4.79 Å². The summed E-state index contributed by atoms with van der Waals surface area (Å²) in [5, 5.41) is 11.5. The molecule has 1 spiro atoms. The molecular formula is C32H39ClN2O5S. The molecule has 4 aliphatic rings. The van der Waals surface area contributed by atoms with E-state index >= 15 is 0 Å². The molecule has 220 valence electrons. The third-order valence-electron chi connectivity index (χ3n) is 9.88. The van der Waals surface area contributed by atoms with Gasteiger partial charge in [0, 0.05) is 29.1 Å². The molecule has 2 aliphatic carbocycles. The van der Waals surface area contributed by atoms with Crippen LogP contribution in [0.4, 0.5) is 5.69 Å². The molecule has 0 radical (unpaired) electrons. The van der Waals surface area contributed by atoms with Crippen molar-refractivity contribution in [3.8, 4) is 5.75 Å². The number of aryl methyl sites for hydroxylation is 1. The minimum absolute atomic E-state index is 0.0836. The lowest BCUT2D eigenvalue weighted by atomic mass is 9.64. The van der Waals surface area contributed by atoms with Gasteiger partial charge in [0.1, 0.15) is 5.75 Å². The number of carbonyl (C=O) groups excluding carboxylic acids is 1. The van der Waals surface area contributed by atoms with Crippen molar-refractivity contribution in [2.45, 2.75) is 75.1 Å². The molecule has 2 heterocycles. The number of aliphatic hydroxyl groups is 1. The second-order valence-electron chi connectivity index (χ2n) is 12.7. The zero-order valence-electron chi connectivity index (χ0n) is 23.7. The van der Waals surface area contributed by atoms with E-state index in [1.165, 1.54) is 11.1 Å². The first kappa shape index (κ1) is 28.6. The zero-order chi connectivity index (χ0) is 29.0. The first-order valence-corrected chi connectivity index (χ1v) is 16.7. The monoisotopic (exact) mass is 598 g/mol. The van der Waals surface area contributed by atoms with Crippen molar-refractivity contribution in [1.29, 1.82) is 0 Å². The van der Waals surface area contributed by atoms with Crippen LogP contribution >= 0.6 is 11.6 Å². The number of halogens is 1. The number of anilines is 1. The molecule has 9 heteroatoms. The summed E-state index contributed by atoms with van der Waals surface area (Å²) in [5.41, 5.74) is 2.32. The average Bonchev–Trinajstić information content (AvgIpc) is 3.05. The maximum atomic E-state index is 13.2. The Morgan fingerprint density at radius 3 is 2.76 bits per heavy atom. The van der Waals surface area contributed by atoms with Crippen LogP contribution in [0.3, 0.4) is 0 Å². The molecule has 5 atom stereocenters. The molecule has 2 aromatic rings. The van der Waals surface area contributed by atoms with Crippen LogP contribution in [0.2, 0.25) is 5.02 Å². The number of hydrogen-bond donors (Lipinski definition) is 2. The standard InChI is InChI=1S/C32H39ClN2O5S/c1-21-6-3-4-14-31(2,37)26-11-8-24(26)18-35-19-32(15-5-7-22-16-25(33)10-12-27(22)32)20-40-29-13-9-23(17-28(29)35)30(36)34-41(21,38)39/h4,9-10,12-14,16-17,21,24,26,37H,3,5-8,11,15,18-20H2,1-2H3,(H,34,36)/b14-4-/t21-,24-,26+,31+,32-/m0/s1. The predicted molar refractivity (Wildman–Crippen MR) is 161 cm³/mol. The van der Waals surface area contributed by atoms with Crippen molar-refractivity contribution in [1.82, 2.24) is 4.72 Å². The normalized spacial score (nSPS) is 33.8. The molecule has 0 aromatic heterocycles. The molecule has 1 saturated carbocycles. The number of benzene rings is 2. The van der Waals surface area contributed by atoms with Gasteiger partial charge < -0.3 is 14.7 Å². The summed E-state index contributed by atoms with van der Waals surface area (Å²) >= 11 is 6.38. The van der Waals surface area contributed by atoms with Crippen LogP contribution in [0.1, 0.15) is 73.9 Å². The molecule has 1 amide bonds. The van der Waals surface area contributed by atoms with Gasteiger partial charge in [-0.15, -0.1) is 0 Å². The van der Waals surface area contributed by atoms with Gasteiger partial charge in [0.05, 0.1) is 23.1 Å². The molecule has 0 saturated heterocycles. The van der Waals surface area contributed by atoms with Gasteiger partial charge in [0.15, 0.2) is 0 Å². The SMILES string of the molecule is C[C@H]1CC/C=C\[C@@](C)(O)[C@@H]2CC[C@H]2CN2C[C@@]3(CCCc4cc(Cl)ccc43)COc3ccc(cc32)C(=O)NS1(=O)=O. The quantitative estimate of drug-likeness (QED) is 0.395. The Morgan fingerprint density at radius 1 is 1.15 bits per heavy atom. The molecule has 2 aromatic carbocycles. The van der Waals surface area contributed by atoms with Crippen LogP contribution in [-0.2, 0) is 21.9 Å². The molecule has 2 N–H and O–H groups in total. The number of fused-ring (bicyclic) bond motifs is 4. The van der Waals surface area contributed by atoms with E-state index in [1.54, 1.807) is 25.1 Å². The van der Waals surface area contributed by atoms with Crippen molar-refractivity contribution < 1.29 is 23.1 Å². The van der Waals surface area contributed by atoms with Gasteiger partial charge in [-0.25, -0.2) is 13.1 Å². The third kappa shape index (κ3) is 5.39. The number of nitrogens with zero attached hydrogens (tertiary/aromatic N) is 1. The molecular weight excluding hydrogens is 560 g/mol. The minimum Gasteiger partial charge on any atom is -0.490 e. The van der Waals surface area contributed by atoms with Crippen molar-refractivity contribution in [2.24, 2.45) is 11.8 Å². The fourth-order valence-electron chi connectivity index (χ4n) is 7.32. The topological polar surface area (TPSA) is 95.9 Å². The highest BCUT2D eigenvalue weighted by Crippen LogP contribution is 2.48. The van der Waals surface area contributed by atoms with Crippen LogP contribution < -0.4 is 14.4 Å². The Labute approximate surface area is 248 Å². The van der Waals surface area contributed by atoms with Gasteiger partial charge >= 0.3 is 0 Å². The van der Waals surface area contributed by atoms with E-state index in [-0.39, 0.29) is 22.8 Å². The van der Waals surface area contributed by atoms with Crippen molar-refractivity contribution in [3.05, 3.63) is 70.3 Å². The Morgan fingerprint density at radius 2 is 1.98 bits per heavy atom. The van der Waals surface area contributed by atoms with Crippen molar-refractivity contribution in [3.63, 3.8) is 0 Å². The van der Waals surface area contributed by atoms with Gasteiger partial charge in [-0.05, 0) is 112 Å². The van der Waals surface area contributed by atoms with Crippen LogP contribution in [0.5, 0.6) is 5.75 Å². The number of sulfonamides is 1. The predicted octanol–water partition coefficient (Wildman–Crippen LogP) is 5.39. The fourth-order valence-corrected chi connectivity index (χ4v) is 8.53. The van der Waals surface area contributed by atoms with E-state index in [1.807, 2.05) is 25.1 Å². The summed E-state index contributed by atoms with van der Waals surface area (Å²) in [6.07, 6.45) is 9.47. The Kier molecular flexibility index (Phi) is 7.40. The summed E-state index contributed by atoms with van der Waals surface area (Å²) in [4.78, 5) is 15.6. The van der Waals surface area contributed by atoms with E-state index < -0.39 is 26.8 Å². The van der Waals surface area contributed by atoms with E-state index in [0.29, 0.717) is 38.3 Å². The second-order valence-corrected chi connectivity index (χ2v) is 15.3. The molecule has 41 heavy (non-hydrogen) atoms. The Hall–Kier alpha value is -2.55. The largest absolute Gasteiger partial charge is 0.490 e. The lowest BCUT2D eigenvalue weighted by Crippen LogP contribution is -2.51. The van der Waals surface area contributed by atoms with Gasteiger partial charge in [-0.1, -0.05) is 29.8 Å². The fraction of sp³-hybridized carbons (Fsp3) is 0.531. The lowest BCUT2D eigenvalue weighted by molar-refractivity contribution is -0.0314. The summed E-state index contributed by atoms with van der Waals surface area (Å²) < 4.78 is 34.8. The van der Waals surface area contributed by atoms with E-state index in [4.69, 9.17) is 16.3 Å². The number of hydrogen-bond acceptors (Lipinski definition) is 6. The van der Waals surface area contributed by atoms with Crippen molar-refractivity contribution >= 4 is 33.2 Å². The first-order chi connectivity index (χ1) is 19.5. The second kappa shape index (κ2) is 10.6. The van der Waals surface area contributed by atoms with Crippen LogP contribution in [0.15, 0.2) is 48.6 Å². The molecule has 2 aliphatic heterocycles. The molecule has 7 nitrogen and oxygen atoms in total. The molecule has 1 fully saturated rings. The van der Waals surface area contributed by atoms with Gasteiger partial charge in [0.2, 0.25) is 10.0 Å². The van der Waals surface area contributed by atoms with E-state index in [9.17, 15) is 18.3 Å². The minimum atomic E-state index is -3.88. The maximum Gasteiger partial charge on any atom is 0.264 e. The lowest BCUT2D eigenvalue weighted by Gasteiger charge is -2.48. The summed E-state index contributed by atoms with van der Waals surface area (Å²) in [5.74, 6) is 0.388. The number of carbonyl (C=O) groups is 1. The molecule has 6 rings (SSSR count). The molecule has 2 bridgehead atoms. The smallest absolute Gasteiger partial charge is 0.264 e. The number of rotatable bonds is 0. The van der Waals surface area contributed by atoms with Gasteiger partial charge in [0.25, 0.3) is 5.91 Å². The van der Waals surface area contributed by atoms with Crippen LogP contribution in [0, 0.1) is 11.8 Å². The third-order valence-corrected chi connectivity index (χ3v) is 11.9. The highest BCUT2D eigenvalue weighted by Gasteiger charge is 2.46. The number of ether oxygens (including phenoxy) is 1. The van der Waals surface area contributed by atoms with Crippen molar-refractivity contribution in [2.75, 3.05) is 24.6 Å². The number of allylic oxidation sites excluding steroid dienone is 1. The Bertz CT molecular complexity index is 1490. The highest BCUT2D eigenvalue weighted by atomic mass is 35.5. The zero-order valence-corrected chi connectivity index (χ0v) is 25.3. The summed E-state index contributed by atoms with van der Waals surface area (Å²) in [6, 6.07) is 11.4. The Balaban J connectivity index is 1.44. The molecule has 0 unspecified atom stereocenters. The number of nitrogens with one attached hydrogen (secondary N) is 1. The van der Waals surface area contributed by atoms with E-state index in [0.717, 1.165) is 42.8 Å². The van der Waals surface area contributed by atoms with Crippen LogP contribution in [0.25, 0.3) is 0 Å². The van der Waals surface area contributed by atoms with Gasteiger partial charge in [-0.2, -0.15) is 0 Å². The average molecular weight is 599 g/mol. The maximum absolute atomic E-state index is 13.2. The number of amides is 1. The summed E-state index contributed by atoms with van der Waals surface area (Å²) in [7, 11) is -3.88. The van der Waals surface area contributed by atoms with Crippen LogP contribution in [-0.4, -0.2) is 50.0 Å². The van der Waals surface area contributed by atoms with E-state index in [2.05, 4.69) is 21.8 Å². The highest BCUT2D eigenvalue weighted by molar-refractivity contribution is 7.90. The summed E-state index contributed by atoms with van der Waals surface area (Å²) in [6.45, 7) is 5.36. The first-order valence-electron chi connectivity index (χ1n) is 14.7.